The summed E-state index contributed by atoms with van der Waals surface area (Å²) in [6.07, 6.45) is 1.49. The fourth-order valence-corrected chi connectivity index (χ4v) is 2.96. The van der Waals surface area contributed by atoms with E-state index in [2.05, 4.69) is 10.6 Å². The highest BCUT2D eigenvalue weighted by Crippen LogP contribution is 2.21. The highest BCUT2D eigenvalue weighted by atomic mass is 35.5. The van der Waals surface area contributed by atoms with Crippen LogP contribution in [0.5, 0.6) is 5.75 Å². The Labute approximate surface area is 191 Å². The number of aryl methyl sites for hydroxylation is 1. The molecule has 6 nitrogen and oxygen atoms in total. The number of nitrogens with one attached hydrogen (secondary N) is 2. The number of hydrogen-bond donors (Lipinski definition) is 2. The molecule has 0 unspecified atom stereocenters. The molecular formula is C25H20ClN3O3. The molecule has 0 aliphatic carbocycles. The van der Waals surface area contributed by atoms with Crippen molar-refractivity contribution in [2.75, 3.05) is 17.2 Å². The highest BCUT2D eigenvalue weighted by Gasteiger charge is 2.11. The van der Waals surface area contributed by atoms with Crippen molar-refractivity contribution in [1.29, 1.82) is 5.26 Å². The van der Waals surface area contributed by atoms with Crippen LogP contribution in [0.15, 0.2) is 78.4 Å². The lowest BCUT2D eigenvalue weighted by molar-refractivity contribution is -0.118. The number of carbonyl (C=O) groups is 2. The summed E-state index contributed by atoms with van der Waals surface area (Å²) in [5.41, 5.74) is 2.68. The third kappa shape index (κ3) is 6.21. The van der Waals surface area contributed by atoms with E-state index >= 15 is 0 Å². The second-order valence-corrected chi connectivity index (χ2v) is 7.23. The largest absolute Gasteiger partial charge is 0.484 e. The van der Waals surface area contributed by atoms with Crippen LogP contribution in [-0.2, 0) is 9.59 Å². The molecule has 0 atom stereocenters. The van der Waals surface area contributed by atoms with Crippen LogP contribution < -0.4 is 15.4 Å². The van der Waals surface area contributed by atoms with Gasteiger partial charge < -0.3 is 15.4 Å². The number of benzene rings is 3. The number of amides is 2. The van der Waals surface area contributed by atoms with E-state index in [4.69, 9.17) is 16.3 Å². The molecule has 0 radical (unpaired) electrons. The van der Waals surface area contributed by atoms with Crippen molar-refractivity contribution in [3.05, 3.63) is 94.5 Å². The van der Waals surface area contributed by atoms with Crippen LogP contribution in [0.25, 0.3) is 6.08 Å². The minimum absolute atomic E-state index is 0.0268. The van der Waals surface area contributed by atoms with Gasteiger partial charge >= 0.3 is 0 Å². The van der Waals surface area contributed by atoms with E-state index in [1.807, 2.05) is 31.2 Å². The lowest BCUT2D eigenvalue weighted by atomic mass is 10.1. The molecule has 160 valence electrons. The van der Waals surface area contributed by atoms with Gasteiger partial charge in [-0.3, -0.25) is 9.59 Å². The van der Waals surface area contributed by atoms with Crippen LogP contribution in [0.1, 0.15) is 11.1 Å². The monoisotopic (exact) mass is 445 g/mol. The molecule has 2 amide bonds. The van der Waals surface area contributed by atoms with Crippen molar-refractivity contribution in [2.24, 2.45) is 0 Å². The van der Waals surface area contributed by atoms with E-state index in [-0.39, 0.29) is 18.1 Å². The third-order valence-corrected chi connectivity index (χ3v) is 4.80. The van der Waals surface area contributed by atoms with Crippen molar-refractivity contribution < 1.29 is 14.3 Å². The Morgan fingerprint density at radius 1 is 0.969 bits per heavy atom. The number of ether oxygens (including phenoxy) is 1. The van der Waals surface area contributed by atoms with Crippen LogP contribution in [0.4, 0.5) is 11.4 Å². The van der Waals surface area contributed by atoms with Gasteiger partial charge in [0.25, 0.3) is 11.8 Å². The van der Waals surface area contributed by atoms with Gasteiger partial charge in [-0.2, -0.15) is 5.26 Å². The predicted molar refractivity (Wildman–Crippen MR) is 125 cm³/mol. The molecule has 3 aromatic rings. The highest BCUT2D eigenvalue weighted by molar-refractivity contribution is 6.33. The lowest BCUT2D eigenvalue weighted by Crippen LogP contribution is -2.20. The van der Waals surface area contributed by atoms with E-state index in [0.717, 1.165) is 5.56 Å². The summed E-state index contributed by atoms with van der Waals surface area (Å²) in [4.78, 5) is 24.5. The van der Waals surface area contributed by atoms with Gasteiger partial charge in [-0.25, -0.2) is 0 Å². The maximum atomic E-state index is 12.4. The zero-order valence-corrected chi connectivity index (χ0v) is 18.0. The fourth-order valence-electron chi connectivity index (χ4n) is 2.78. The summed E-state index contributed by atoms with van der Waals surface area (Å²) in [6, 6.07) is 22.9. The molecule has 0 saturated heterocycles. The minimum Gasteiger partial charge on any atom is -0.484 e. The number of carbonyl (C=O) groups excluding carboxylic acids is 2. The van der Waals surface area contributed by atoms with Gasteiger partial charge in [0.2, 0.25) is 0 Å². The van der Waals surface area contributed by atoms with Crippen LogP contribution in [0.2, 0.25) is 5.02 Å². The Hall–Kier alpha value is -4.08. The molecule has 0 aliphatic rings. The van der Waals surface area contributed by atoms with E-state index in [0.29, 0.717) is 27.7 Å². The van der Waals surface area contributed by atoms with E-state index < -0.39 is 5.91 Å². The first-order valence-electron chi connectivity index (χ1n) is 9.72. The summed E-state index contributed by atoms with van der Waals surface area (Å²) in [6.45, 7) is 1.68. The van der Waals surface area contributed by atoms with E-state index in [1.54, 1.807) is 54.6 Å². The SMILES string of the molecule is Cc1ccccc1NC(=O)/C(C#N)=C\c1ccc(OCC(=O)Nc2ccccc2Cl)cc1. The predicted octanol–water partition coefficient (Wildman–Crippen LogP) is 5.21. The van der Waals surface area contributed by atoms with Crippen molar-refractivity contribution in [3.8, 4) is 11.8 Å². The molecule has 0 heterocycles. The Balaban J connectivity index is 1.59. The Kier molecular flexibility index (Phi) is 7.63. The third-order valence-electron chi connectivity index (χ3n) is 4.47. The fraction of sp³-hybridized carbons (Fsp3) is 0.0800. The number of halogens is 1. The van der Waals surface area contributed by atoms with Crippen LogP contribution in [-0.4, -0.2) is 18.4 Å². The van der Waals surface area contributed by atoms with Gasteiger partial charge in [0.1, 0.15) is 17.4 Å². The van der Waals surface area contributed by atoms with Gasteiger partial charge in [-0.05, 0) is 54.5 Å². The van der Waals surface area contributed by atoms with Crippen molar-refractivity contribution in [2.45, 2.75) is 6.92 Å². The second kappa shape index (κ2) is 10.8. The molecule has 3 rings (SSSR count). The average Bonchev–Trinajstić information content (AvgIpc) is 2.80. The molecule has 0 fully saturated rings. The Bertz CT molecular complexity index is 1200. The van der Waals surface area contributed by atoms with Crippen LogP contribution >= 0.6 is 11.6 Å². The summed E-state index contributed by atoms with van der Waals surface area (Å²) in [5.74, 6) is -0.362. The number of para-hydroxylation sites is 2. The van der Waals surface area contributed by atoms with Gasteiger partial charge in [-0.1, -0.05) is 54.1 Å². The first kappa shape index (κ1) is 22.6. The maximum Gasteiger partial charge on any atom is 0.266 e. The topological polar surface area (TPSA) is 91.2 Å². The van der Waals surface area contributed by atoms with Crippen LogP contribution in [0.3, 0.4) is 0 Å². The van der Waals surface area contributed by atoms with Gasteiger partial charge in [0.05, 0.1) is 10.7 Å². The Morgan fingerprint density at radius 2 is 1.62 bits per heavy atom. The normalized spacial score (nSPS) is 10.7. The molecule has 32 heavy (non-hydrogen) atoms. The first-order valence-corrected chi connectivity index (χ1v) is 10.1. The molecule has 0 aliphatic heterocycles. The van der Waals surface area contributed by atoms with E-state index in [1.165, 1.54) is 6.08 Å². The summed E-state index contributed by atoms with van der Waals surface area (Å²) >= 11 is 6.02. The number of nitriles is 1. The second-order valence-electron chi connectivity index (χ2n) is 6.82. The smallest absolute Gasteiger partial charge is 0.266 e. The van der Waals surface area contributed by atoms with E-state index in [9.17, 15) is 14.9 Å². The van der Waals surface area contributed by atoms with Crippen LogP contribution in [0, 0.1) is 18.3 Å². The molecule has 0 bridgehead atoms. The molecule has 0 aromatic heterocycles. The Morgan fingerprint density at radius 3 is 2.28 bits per heavy atom. The van der Waals surface area contributed by atoms with Gasteiger partial charge in [0.15, 0.2) is 6.61 Å². The standard InChI is InChI=1S/C25H20ClN3O3/c1-17-6-2-4-8-22(17)29-25(31)19(15-27)14-18-10-12-20(13-11-18)32-16-24(30)28-23-9-5-3-7-21(23)26/h2-14H,16H2,1H3,(H,28,30)(H,29,31)/b19-14-. The number of anilines is 2. The quantitative estimate of drug-likeness (QED) is 0.385. The van der Waals surface area contributed by atoms with Crippen molar-refractivity contribution >= 4 is 40.9 Å². The first-order chi connectivity index (χ1) is 15.5. The van der Waals surface area contributed by atoms with Gasteiger partial charge in [0, 0.05) is 5.69 Å². The molecule has 3 aromatic carbocycles. The molecule has 0 spiro atoms. The van der Waals surface area contributed by atoms with Gasteiger partial charge in [-0.15, -0.1) is 0 Å². The summed E-state index contributed by atoms with van der Waals surface area (Å²) in [7, 11) is 0. The van der Waals surface area contributed by atoms with Crippen molar-refractivity contribution in [1.82, 2.24) is 0 Å². The average molecular weight is 446 g/mol. The summed E-state index contributed by atoms with van der Waals surface area (Å²) in [5, 5.41) is 15.2. The molecule has 0 saturated carbocycles. The minimum atomic E-state index is -0.488. The molecule has 7 heteroatoms. The zero-order valence-electron chi connectivity index (χ0n) is 17.3. The summed E-state index contributed by atoms with van der Waals surface area (Å²) < 4.78 is 5.49. The maximum absolute atomic E-state index is 12.4. The number of hydrogen-bond acceptors (Lipinski definition) is 4. The number of nitrogens with zero attached hydrogens (tertiary/aromatic N) is 1. The molecular weight excluding hydrogens is 426 g/mol. The lowest BCUT2D eigenvalue weighted by Gasteiger charge is -2.09. The zero-order chi connectivity index (χ0) is 22.9. The molecule has 2 N–H and O–H groups in total. The number of rotatable bonds is 7. The van der Waals surface area contributed by atoms with Crippen molar-refractivity contribution in [3.63, 3.8) is 0 Å².